The van der Waals surface area contributed by atoms with E-state index in [0.29, 0.717) is 0 Å². The van der Waals surface area contributed by atoms with Gasteiger partial charge < -0.3 is 10.1 Å². The van der Waals surface area contributed by atoms with Gasteiger partial charge in [0.1, 0.15) is 5.75 Å². The molecule has 3 rings (SSSR count). The number of amides is 1. The summed E-state index contributed by atoms with van der Waals surface area (Å²) in [6.07, 6.45) is 4.89. The molecule has 1 aliphatic carbocycles. The van der Waals surface area contributed by atoms with E-state index in [9.17, 15) is 4.79 Å². The summed E-state index contributed by atoms with van der Waals surface area (Å²) in [5.74, 6) is 0.633. The van der Waals surface area contributed by atoms with Crippen molar-refractivity contribution >= 4 is 5.91 Å². The first-order valence-corrected chi connectivity index (χ1v) is 8.72. The van der Waals surface area contributed by atoms with Gasteiger partial charge in [-0.1, -0.05) is 30.3 Å². The van der Waals surface area contributed by atoms with Gasteiger partial charge in [0.05, 0.1) is 6.04 Å². The van der Waals surface area contributed by atoms with Gasteiger partial charge in [0.2, 0.25) is 0 Å². The first-order chi connectivity index (χ1) is 11.6. The normalized spacial score (nSPS) is 14.6. The Bertz CT molecular complexity index is 724. The third-order valence-corrected chi connectivity index (χ3v) is 4.61. The van der Waals surface area contributed by atoms with Gasteiger partial charge in [-0.05, 0) is 73.9 Å². The van der Waals surface area contributed by atoms with Crippen LogP contribution in [0, 0.1) is 6.92 Å². The number of benzene rings is 2. The van der Waals surface area contributed by atoms with E-state index in [1.54, 1.807) is 0 Å². The number of rotatable bonds is 5. The van der Waals surface area contributed by atoms with Crippen LogP contribution in [0.5, 0.6) is 5.75 Å². The molecule has 0 saturated heterocycles. The summed E-state index contributed by atoms with van der Waals surface area (Å²) in [6, 6.07) is 14.3. The SMILES string of the molecule is Cc1cccc(OCC(=O)NC(C)c2ccc3c(c2)CCCC3)c1. The Kier molecular flexibility index (Phi) is 5.19. The average Bonchev–Trinajstić information content (AvgIpc) is 2.59. The van der Waals surface area contributed by atoms with Crippen molar-refractivity contribution < 1.29 is 9.53 Å². The lowest BCUT2D eigenvalue weighted by Crippen LogP contribution is -2.31. The van der Waals surface area contributed by atoms with Crippen LogP contribution in [0.4, 0.5) is 0 Å². The van der Waals surface area contributed by atoms with Crippen molar-refractivity contribution in [3.05, 3.63) is 64.7 Å². The second kappa shape index (κ2) is 7.52. The molecular weight excluding hydrogens is 298 g/mol. The molecule has 2 aromatic rings. The molecule has 0 radical (unpaired) electrons. The molecule has 1 atom stereocenters. The molecule has 1 amide bonds. The van der Waals surface area contributed by atoms with Crippen LogP contribution in [0.25, 0.3) is 0 Å². The van der Waals surface area contributed by atoms with Crippen LogP contribution < -0.4 is 10.1 Å². The van der Waals surface area contributed by atoms with Crippen molar-refractivity contribution in [1.82, 2.24) is 5.32 Å². The summed E-state index contributed by atoms with van der Waals surface area (Å²) in [5, 5.41) is 3.02. The topological polar surface area (TPSA) is 38.3 Å². The zero-order valence-electron chi connectivity index (χ0n) is 14.5. The smallest absolute Gasteiger partial charge is 0.258 e. The second-order valence-electron chi connectivity index (χ2n) is 6.63. The van der Waals surface area contributed by atoms with E-state index in [-0.39, 0.29) is 18.6 Å². The van der Waals surface area contributed by atoms with Crippen molar-refractivity contribution in [2.24, 2.45) is 0 Å². The van der Waals surface area contributed by atoms with Gasteiger partial charge in [0.25, 0.3) is 5.91 Å². The van der Waals surface area contributed by atoms with Gasteiger partial charge in [-0.2, -0.15) is 0 Å². The monoisotopic (exact) mass is 323 g/mol. The number of aryl methyl sites for hydroxylation is 3. The quantitative estimate of drug-likeness (QED) is 0.898. The minimum Gasteiger partial charge on any atom is -0.484 e. The Labute approximate surface area is 144 Å². The number of carbonyl (C=O) groups is 1. The minimum atomic E-state index is -0.0956. The largest absolute Gasteiger partial charge is 0.484 e. The minimum absolute atomic E-state index is 0.00849. The second-order valence-corrected chi connectivity index (χ2v) is 6.63. The van der Waals surface area contributed by atoms with E-state index in [0.717, 1.165) is 17.7 Å². The summed E-state index contributed by atoms with van der Waals surface area (Å²) in [5.41, 5.74) is 5.19. The van der Waals surface area contributed by atoms with E-state index in [1.165, 1.54) is 36.0 Å². The fourth-order valence-corrected chi connectivity index (χ4v) is 3.24. The number of carbonyl (C=O) groups excluding carboxylic acids is 1. The molecule has 0 bridgehead atoms. The van der Waals surface area contributed by atoms with Gasteiger partial charge in [-0.15, -0.1) is 0 Å². The molecular formula is C21H25NO2. The van der Waals surface area contributed by atoms with Gasteiger partial charge in [0.15, 0.2) is 6.61 Å². The van der Waals surface area contributed by atoms with Crippen LogP contribution in [-0.2, 0) is 17.6 Å². The molecule has 0 aromatic heterocycles. The molecule has 0 fully saturated rings. The first-order valence-electron chi connectivity index (χ1n) is 8.72. The molecule has 3 heteroatoms. The molecule has 2 aromatic carbocycles. The highest BCUT2D eigenvalue weighted by Crippen LogP contribution is 2.24. The van der Waals surface area contributed by atoms with Crippen molar-refractivity contribution in [2.75, 3.05) is 6.61 Å². The van der Waals surface area contributed by atoms with E-state index in [4.69, 9.17) is 4.74 Å². The molecule has 0 heterocycles. The molecule has 126 valence electrons. The number of nitrogens with one attached hydrogen (secondary N) is 1. The molecule has 1 aliphatic rings. The Morgan fingerprint density at radius 2 is 1.92 bits per heavy atom. The van der Waals surface area contributed by atoms with E-state index in [1.807, 2.05) is 38.1 Å². The predicted octanol–water partition coefficient (Wildman–Crippen LogP) is 4.13. The molecule has 24 heavy (non-hydrogen) atoms. The van der Waals surface area contributed by atoms with Crippen molar-refractivity contribution in [3.8, 4) is 5.75 Å². The van der Waals surface area contributed by atoms with Crippen LogP contribution in [0.15, 0.2) is 42.5 Å². The predicted molar refractivity (Wildman–Crippen MR) is 96.3 cm³/mol. The lowest BCUT2D eigenvalue weighted by atomic mass is 9.89. The Hall–Kier alpha value is -2.29. The van der Waals surface area contributed by atoms with Gasteiger partial charge in [0, 0.05) is 0 Å². The van der Waals surface area contributed by atoms with Crippen LogP contribution in [0.3, 0.4) is 0 Å². The Balaban J connectivity index is 1.56. The Morgan fingerprint density at radius 3 is 2.71 bits per heavy atom. The van der Waals surface area contributed by atoms with Crippen LogP contribution in [-0.4, -0.2) is 12.5 Å². The summed E-state index contributed by atoms with van der Waals surface area (Å²) in [7, 11) is 0. The molecule has 0 saturated carbocycles. The third kappa shape index (κ3) is 4.16. The average molecular weight is 323 g/mol. The highest BCUT2D eigenvalue weighted by molar-refractivity contribution is 5.78. The lowest BCUT2D eigenvalue weighted by Gasteiger charge is -2.20. The summed E-state index contributed by atoms with van der Waals surface area (Å²) in [6.45, 7) is 4.07. The van der Waals surface area contributed by atoms with E-state index >= 15 is 0 Å². The number of fused-ring (bicyclic) bond motifs is 1. The summed E-state index contributed by atoms with van der Waals surface area (Å²) >= 11 is 0. The van der Waals surface area contributed by atoms with Gasteiger partial charge in [-0.25, -0.2) is 0 Å². The zero-order valence-corrected chi connectivity index (χ0v) is 14.5. The molecule has 0 spiro atoms. The maximum absolute atomic E-state index is 12.1. The molecule has 0 aliphatic heterocycles. The van der Waals surface area contributed by atoms with Crippen molar-refractivity contribution in [2.45, 2.75) is 45.6 Å². The molecule has 1 N–H and O–H groups in total. The third-order valence-electron chi connectivity index (χ3n) is 4.61. The van der Waals surface area contributed by atoms with Crippen LogP contribution in [0.1, 0.15) is 48.1 Å². The summed E-state index contributed by atoms with van der Waals surface area (Å²) < 4.78 is 5.56. The fourth-order valence-electron chi connectivity index (χ4n) is 3.24. The van der Waals surface area contributed by atoms with E-state index < -0.39 is 0 Å². The summed E-state index contributed by atoms with van der Waals surface area (Å²) in [4.78, 5) is 12.1. The number of hydrogen-bond acceptors (Lipinski definition) is 2. The highest BCUT2D eigenvalue weighted by Gasteiger charge is 2.14. The first kappa shape index (κ1) is 16.6. The van der Waals surface area contributed by atoms with E-state index in [2.05, 4.69) is 23.5 Å². The van der Waals surface area contributed by atoms with Gasteiger partial charge in [-0.3, -0.25) is 4.79 Å². The van der Waals surface area contributed by atoms with Crippen LogP contribution in [0.2, 0.25) is 0 Å². The Morgan fingerprint density at radius 1 is 1.12 bits per heavy atom. The lowest BCUT2D eigenvalue weighted by molar-refractivity contribution is -0.123. The number of ether oxygens (including phenoxy) is 1. The standard InChI is InChI=1S/C21H25NO2/c1-15-6-5-9-20(12-15)24-14-21(23)22-16(2)18-11-10-17-7-3-4-8-19(17)13-18/h5-6,9-13,16H,3-4,7-8,14H2,1-2H3,(H,22,23). The highest BCUT2D eigenvalue weighted by atomic mass is 16.5. The van der Waals surface area contributed by atoms with Crippen molar-refractivity contribution in [1.29, 1.82) is 0 Å². The maximum Gasteiger partial charge on any atom is 0.258 e. The number of hydrogen-bond donors (Lipinski definition) is 1. The van der Waals surface area contributed by atoms with Gasteiger partial charge >= 0.3 is 0 Å². The zero-order chi connectivity index (χ0) is 16.9. The fraction of sp³-hybridized carbons (Fsp3) is 0.381. The molecule has 3 nitrogen and oxygen atoms in total. The molecule has 1 unspecified atom stereocenters. The van der Waals surface area contributed by atoms with Crippen LogP contribution >= 0.6 is 0 Å². The van der Waals surface area contributed by atoms with Crippen molar-refractivity contribution in [3.63, 3.8) is 0 Å². The maximum atomic E-state index is 12.1.